The smallest absolute Gasteiger partial charge is 0.344 e. The molecule has 5 heteroatoms. The lowest BCUT2D eigenvalue weighted by molar-refractivity contribution is 0.355. The Morgan fingerprint density at radius 3 is 2.26 bits per heavy atom. The van der Waals surface area contributed by atoms with E-state index >= 15 is 0 Å². The van der Waals surface area contributed by atoms with Crippen LogP contribution >= 0.6 is 0 Å². The lowest BCUT2D eigenvalue weighted by Gasteiger charge is -2.15. The highest BCUT2D eigenvalue weighted by Gasteiger charge is 2.25. The summed E-state index contributed by atoms with van der Waals surface area (Å²) in [5.74, 6) is 2.22. The van der Waals surface area contributed by atoms with E-state index in [0.717, 1.165) is 64.5 Å². The number of fused-ring (bicyclic) bond motifs is 4. The number of furan rings is 1. The average Bonchev–Trinajstić information content (AvgIpc) is 3.28. The summed E-state index contributed by atoms with van der Waals surface area (Å²) in [7, 11) is 3.18. The van der Waals surface area contributed by atoms with Gasteiger partial charge in [-0.1, -0.05) is 36.4 Å². The number of aryl methyl sites for hydroxylation is 3. The van der Waals surface area contributed by atoms with Gasteiger partial charge in [0.1, 0.15) is 16.9 Å². The van der Waals surface area contributed by atoms with E-state index in [9.17, 15) is 4.79 Å². The van der Waals surface area contributed by atoms with Crippen molar-refractivity contribution in [3.8, 4) is 33.8 Å². The summed E-state index contributed by atoms with van der Waals surface area (Å²) >= 11 is 0. The number of benzene rings is 3. The predicted molar refractivity (Wildman–Crippen MR) is 138 cm³/mol. The van der Waals surface area contributed by atoms with Crippen LogP contribution in [0, 0.1) is 6.92 Å². The molecule has 0 saturated heterocycles. The highest BCUT2D eigenvalue weighted by atomic mass is 16.5. The zero-order valence-corrected chi connectivity index (χ0v) is 20.1. The van der Waals surface area contributed by atoms with Gasteiger partial charge in [-0.15, -0.1) is 0 Å². The highest BCUT2D eigenvalue weighted by Crippen LogP contribution is 2.43. The largest absolute Gasteiger partial charge is 0.493 e. The maximum atomic E-state index is 13.6. The predicted octanol–water partition coefficient (Wildman–Crippen LogP) is 7.08. The molecule has 35 heavy (non-hydrogen) atoms. The molecule has 5 aromatic rings. The van der Waals surface area contributed by atoms with Crippen molar-refractivity contribution >= 4 is 21.9 Å². The van der Waals surface area contributed by atoms with E-state index in [-0.39, 0.29) is 0 Å². The van der Waals surface area contributed by atoms with Crippen molar-refractivity contribution in [3.63, 3.8) is 0 Å². The van der Waals surface area contributed by atoms with Gasteiger partial charge in [-0.05, 0) is 55.5 Å². The summed E-state index contributed by atoms with van der Waals surface area (Å²) in [5.41, 5.74) is 6.15. The fourth-order valence-corrected chi connectivity index (χ4v) is 5.39. The SMILES string of the molecule is COc1ccc(-c2c(-c3ccccc3)c3cc4c5c(oc4c(C)c3oc2=O)CCCC5)cc1OC. The van der Waals surface area contributed by atoms with Crippen molar-refractivity contribution in [2.75, 3.05) is 14.2 Å². The second-order valence-electron chi connectivity index (χ2n) is 9.04. The van der Waals surface area contributed by atoms with Crippen LogP contribution in [0.1, 0.15) is 29.7 Å². The second-order valence-corrected chi connectivity index (χ2v) is 9.04. The minimum absolute atomic E-state index is 0.401. The molecule has 0 N–H and O–H groups in total. The molecule has 0 aliphatic heterocycles. The van der Waals surface area contributed by atoms with E-state index in [0.29, 0.717) is 28.2 Å². The van der Waals surface area contributed by atoms with Crippen LogP contribution in [0.5, 0.6) is 11.5 Å². The number of hydrogen-bond donors (Lipinski definition) is 0. The molecular formula is C30H26O5. The standard InChI is InChI=1S/C30H26O5/c1-17-28-21(20-11-7-8-12-23(20)34-28)16-22-26(18-9-5-4-6-10-18)27(30(31)35-29(17)22)19-13-14-24(32-2)25(15-19)33-3/h4-6,9-10,13-16H,7-8,11-12H2,1-3H3. The lowest BCUT2D eigenvalue weighted by Crippen LogP contribution is -2.07. The molecule has 176 valence electrons. The van der Waals surface area contributed by atoms with E-state index in [1.54, 1.807) is 14.2 Å². The van der Waals surface area contributed by atoms with E-state index in [2.05, 4.69) is 6.07 Å². The molecule has 5 nitrogen and oxygen atoms in total. The van der Waals surface area contributed by atoms with Crippen molar-refractivity contribution in [1.29, 1.82) is 0 Å². The summed E-state index contributed by atoms with van der Waals surface area (Å²) < 4.78 is 23.3. The zero-order chi connectivity index (χ0) is 24.1. The Balaban J connectivity index is 1.75. The van der Waals surface area contributed by atoms with Crippen molar-refractivity contribution in [2.45, 2.75) is 32.6 Å². The van der Waals surface area contributed by atoms with Crippen molar-refractivity contribution in [1.82, 2.24) is 0 Å². The third-order valence-electron chi connectivity index (χ3n) is 7.08. The molecule has 0 amide bonds. The third kappa shape index (κ3) is 3.34. The van der Waals surface area contributed by atoms with Crippen LogP contribution in [-0.4, -0.2) is 14.2 Å². The molecule has 1 aliphatic rings. The Morgan fingerprint density at radius 1 is 0.743 bits per heavy atom. The minimum atomic E-state index is -0.401. The van der Waals surface area contributed by atoms with Crippen LogP contribution in [0.25, 0.3) is 44.2 Å². The molecule has 2 heterocycles. The number of hydrogen-bond acceptors (Lipinski definition) is 5. The summed E-state index contributed by atoms with van der Waals surface area (Å²) in [5, 5.41) is 2.02. The molecule has 1 aliphatic carbocycles. The molecule has 0 bridgehead atoms. The molecule has 0 spiro atoms. The van der Waals surface area contributed by atoms with Gasteiger partial charge in [0.2, 0.25) is 0 Å². The van der Waals surface area contributed by atoms with Crippen molar-refractivity contribution in [3.05, 3.63) is 81.9 Å². The summed E-state index contributed by atoms with van der Waals surface area (Å²) in [4.78, 5) is 13.6. The van der Waals surface area contributed by atoms with Gasteiger partial charge in [-0.25, -0.2) is 4.79 Å². The van der Waals surface area contributed by atoms with E-state index in [4.69, 9.17) is 18.3 Å². The van der Waals surface area contributed by atoms with Gasteiger partial charge in [-0.2, -0.15) is 0 Å². The quantitative estimate of drug-likeness (QED) is 0.265. The molecular weight excluding hydrogens is 440 g/mol. The molecule has 0 saturated carbocycles. The Morgan fingerprint density at radius 2 is 1.49 bits per heavy atom. The summed E-state index contributed by atoms with van der Waals surface area (Å²) in [6, 6.07) is 17.7. The van der Waals surface area contributed by atoms with Gasteiger partial charge in [0.05, 0.1) is 19.8 Å². The zero-order valence-electron chi connectivity index (χ0n) is 20.1. The number of rotatable bonds is 4. The maximum absolute atomic E-state index is 13.6. The normalized spacial score (nSPS) is 13.2. The fraction of sp³-hybridized carbons (Fsp3) is 0.233. The first kappa shape index (κ1) is 21.5. The lowest BCUT2D eigenvalue weighted by atomic mass is 9.90. The van der Waals surface area contributed by atoms with Gasteiger partial charge in [0, 0.05) is 33.9 Å². The van der Waals surface area contributed by atoms with Crippen LogP contribution in [0.15, 0.2) is 68.2 Å². The summed E-state index contributed by atoms with van der Waals surface area (Å²) in [6.45, 7) is 1.98. The van der Waals surface area contributed by atoms with Crippen molar-refractivity contribution in [2.24, 2.45) is 0 Å². The van der Waals surface area contributed by atoms with Gasteiger partial charge >= 0.3 is 5.63 Å². The Kier molecular flexibility index (Phi) is 5.14. The van der Waals surface area contributed by atoms with Crippen LogP contribution in [-0.2, 0) is 12.8 Å². The summed E-state index contributed by atoms with van der Waals surface area (Å²) in [6.07, 6.45) is 4.25. The van der Waals surface area contributed by atoms with E-state index in [1.165, 1.54) is 5.56 Å². The number of methoxy groups -OCH3 is 2. The molecule has 6 rings (SSSR count). The molecule has 0 fully saturated rings. The first-order valence-electron chi connectivity index (χ1n) is 11.9. The minimum Gasteiger partial charge on any atom is -0.493 e. The van der Waals surface area contributed by atoms with Gasteiger partial charge < -0.3 is 18.3 Å². The Labute approximate surface area is 202 Å². The average molecular weight is 467 g/mol. The third-order valence-corrected chi connectivity index (χ3v) is 7.08. The molecule has 0 radical (unpaired) electrons. The number of ether oxygens (including phenoxy) is 2. The van der Waals surface area contributed by atoms with Crippen molar-refractivity contribution < 1.29 is 18.3 Å². The first-order chi connectivity index (χ1) is 17.1. The van der Waals surface area contributed by atoms with Gasteiger partial charge in [0.25, 0.3) is 0 Å². The van der Waals surface area contributed by atoms with Crippen LogP contribution in [0.2, 0.25) is 0 Å². The van der Waals surface area contributed by atoms with E-state index < -0.39 is 5.63 Å². The second kappa shape index (κ2) is 8.35. The maximum Gasteiger partial charge on any atom is 0.344 e. The van der Waals surface area contributed by atoms with Crippen LogP contribution in [0.3, 0.4) is 0 Å². The highest BCUT2D eigenvalue weighted by molar-refractivity contribution is 6.08. The van der Waals surface area contributed by atoms with E-state index in [1.807, 2.05) is 55.5 Å². The molecule has 3 aromatic carbocycles. The molecule has 0 atom stereocenters. The van der Waals surface area contributed by atoms with Crippen LogP contribution in [0.4, 0.5) is 0 Å². The first-order valence-corrected chi connectivity index (χ1v) is 11.9. The monoisotopic (exact) mass is 466 g/mol. The molecule has 2 aromatic heterocycles. The van der Waals surface area contributed by atoms with Gasteiger partial charge in [-0.3, -0.25) is 0 Å². The van der Waals surface area contributed by atoms with Crippen LogP contribution < -0.4 is 15.1 Å². The fourth-order valence-electron chi connectivity index (χ4n) is 5.39. The Hall–Kier alpha value is -3.99. The Bertz CT molecular complexity index is 1640. The topological polar surface area (TPSA) is 61.8 Å². The van der Waals surface area contributed by atoms with Gasteiger partial charge in [0.15, 0.2) is 11.5 Å². The molecule has 0 unspecified atom stereocenters.